The summed E-state index contributed by atoms with van der Waals surface area (Å²) in [5.74, 6) is -1.76. The van der Waals surface area contributed by atoms with E-state index in [-0.39, 0.29) is 11.6 Å². The van der Waals surface area contributed by atoms with Crippen LogP contribution in [-0.2, 0) is 14.0 Å². The Balaban J connectivity index is 2.05. The van der Waals surface area contributed by atoms with E-state index in [1.165, 1.54) is 6.08 Å². The Bertz CT molecular complexity index is 758. The molecule has 0 N–H and O–H groups in total. The number of carbonyl (C=O) groups excluding carboxylic acids is 1. The second kappa shape index (κ2) is 7.17. The Labute approximate surface area is 154 Å². The van der Waals surface area contributed by atoms with Crippen LogP contribution in [0.1, 0.15) is 20.8 Å². The fourth-order valence-electron chi connectivity index (χ4n) is 3.51. The zero-order valence-corrected chi connectivity index (χ0v) is 16.2. The second-order valence-corrected chi connectivity index (χ2v) is 11.7. The van der Waals surface area contributed by atoms with Gasteiger partial charge in [-0.3, -0.25) is 0 Å². The highest BCUT2D eigenvalue weighted by Gasteiger charge is 2.50. The third-order valence-corrected chi connectivity index (χ3v) is 9.67. The lowest BCUT2D eigenvalue weighted by Crippen LogP contribution is -2.67. The molecule has 3 nitrogen and oxygen atoms in total. The summed E-state index contributed by atoms with van der Waals surface area (Å²) < 4.78 is 25.1. The summed E-state index contributed by atoms with van der Waals surface area (Å²) in [6.45, 7) is 6.62. The van der Waals surface area contributed by atoms with Crippen molar-refractivity contribution in [3.63, 3.8) is 0 Å². The van der Waals surface area contributed by atoms with Crippen LogP contribution in [0.2, 0.25) is 5.04 Å². The average molecular weight is 370 g/mol. The predicted octanol–water partition coefficient (Wildman–Crippen LogP) is 3.34. The topological polar surface area (TPSA) is 35.5 Å². The molecular weight excluding hydrogens is 347 g/mol. The van der Waals surface area contributed by atoms with Crippen molar-refractivity contribution in [2.24, 2.45) is 0 Å². The van der Waals surface area contributed by atoms with Gasteiger partial charge in [0, 0.05) is 6.08 Å². The van der Waals surface area contributed by atoms with E-state index in [1.807, 2.05) is 36.4 Å². The molecule has 0 fully saturated rings. The molecule has 0 radical (unpaired) electrons. The van der Waals surface area contributed by atoms with Crippen LogP contribution < -0.4 is 10.4 Å². The van der Waals surface area contributed by atoms with Gasteiger partial charge in [-0.15, -0.1) is 0 Å². The standard InChI is InChI=1S/C21H23FO3Si/c1-21(2,3)26(17-10-6-4-7-11-17,18-12-8-5-9-13-18)24-15-16-14-19(22)20(23)25-16/h4-14,16H,15H2,1-3H3/t16-/m1/s1. The quantitative estimate of drug-likeness (QED) is 0.598. The first-order valence-electron chi connectivity index (χ1n) is 8.68. The smallest absolute Gasteiger partial charge is 0.367 e. The van der Waals surface area contributed by atoms with Crippen LogP contribution in [0.25, 0.3) is 0 Å². The number of hydrogen-bond donors (Lipinski definition) is 0. The van der Waals surface area contributed by atoms with Crippen molar-refractivity contribution in [2.75, 3.05) is 6.61 Å². The lowest BCUT2D eigenvalue weighted by atomic mass is 10.2. The van der Waals surface area contributed by atoms with Crippen molar-refractivity contribution in [2.45, 2.75) is 31.9 Å². The molecule has 1 aliphatic heterocycles. The molecule has 1 aliphatic rings. The van der Waals surface area contributed by atoms with Crippen LogP contribution in [0.15, 0.2) is 72.6 Å². The molecule has 5 heteroatoms. The van der Waals surface area contributed by atoms with Crippen molar-refractivity contribution in [1.29, 1.82) is 0 Å². The molecule has 0 bridgehead atoms. The first-order valence-corrected chi connectivity index (χ1v) is 10.6. The highest BCUT2D eigenvalue weighted by molar-refractivity contribution is 6.99. The molecule has 0 aromatic heterocycles. The maximum Gasteiger partial charge on any atom is 0.367 e. The van der Waals surface area contributed by atoms with Crippen LogP contribution in [0.4, 0.5) is 4.39 Å². The number of halogens is 1. The molecular formula is C21H23FO3Si. The van der Waals surface area contributed by atoms with Crippen LogP contribution >= 0.6 is 0 Å². The molecule has 0 aliphatic carbocycles. The highest BCUT2D eigenvalue weighted by Crippen LogP contribution is 2.37. The average Bonchev–Trinajstić information content (AvgIpc) is 2.94. The fourth-order valence-corrected chi connectivity index (χ4v) is 8.08. The number of cyclic esters (lactones) is 1. The van der Waals surface area contributed by atoms with Gasteiger partial charge in [0.25, 0.3) is 8.32 Å². The zero-order chi connectivity index (χ0) is 18.8. The van der Waals surface area contributed by atoms with Gasteiger partial charge in [-0.2, -0.15) is 4.39 Å². The molecule has 0 saturated heterocycles. The largest absolute Gasteiger partial charge is 0.450 e. The lowest BCUT2D eigenvalue weighted by molar-refractivity contribution is -0.142. The SMILES string of the molecule is CC(C)(C)[Si](OC[C@H]1C=C(F)C(=O)O1)(c1ccccc1)c1ccccc1. The van der Waals surface area contributed by atoms with Crippen LogP contribution in [0, 0.1) is 0 Å². The third-order valence-electron chi connectivity index (χ3n) is 4.67. The molecule has 0 saturated carbocycles. The number of esters is 1. The van der Waals surface area contributed by atoms with Gasteiger partial charge in [-0.05, 0) is 15.4 Å². The van der Waals surface area contributed by atoms with E-state index >= 15 is 0 Å². The van der Waals surface area contributed by atoms with Crippen LogP contribution in [0.5, 0.6) is 0 Å². The van der Waals surface area contributed by atoms with Gasteiger partial charge in [-0.25, -0.2) is 4.79 Å². The normalized spacial score (nSPS) is 17.8. The Morgan fingerprint density at radius 2 is 1.50 bits per heavy atom. The molecule has 136 valence electrons. The number of ether oxygens (including phenoxy) is 1. The lowest BCUT2D eigenvalue weighted by Gasteiger charge is -2.43. The van der Waals surface area contributed by atoms with E-state index in [1.54, 1.807) is 0 Å². The maximum atomic E-state index is 13.4. The van der Waals surface area contributed by atoms with Gasteiger partial charge in [-0.1, -0.05) is 81.4 Å². The van der Waals surface area contributed by atoms with E-state index in [2.05, 4.69) is 45.0 Å². The van der Waals surface area contributed by atoms with Crippen molar-refractivity contribution in [3.05, 3.63) is 72.6 Å². The number of rotatable bonds is 5. The van der Waals surface area contributed by atoms with Gasteiger partial charge in [0.1, 0.15) is 6.10 Å². The molecule has 0 spiro atoms. The van der Waals surface area contributed by atoms with Crippen LogP contribution in [-0.4, -0.2) is 27.0 Å². The molecule has 0 amide bonds. The Hall–Kier alpha value is -2.24. The number of hydrogen-bond acceptors (Lipinski definition) is 3. The van der Waals surface area contributed by atoms with E-state index in [9.17, 15) is 9.18 Å². The first kappa shape index (κ1) is 18.5. The maximum absolute atomic E-state index is 13.4. The summed E-state index contributed by atoms with van der Waals surface area (Å²) in [5.41, 5.74) is 0. The minimum Gasteiger partial charge on any atom is -0.450 e. The Kier molecular flexibility index (Phi) is 5.12. The molecule has 1 atom stereocenters. The molecule has 1 heterocycles. The predicted molar refractivity (Wildman–Crippen MR) is 103 cm³/mol. The Morgan fingerprint density at radius 1 is 1.00 bits per heavy atom. The molecule has 2 aromatic carbocycles. The summed E-state index contributed by atoms with van der Waals surface area (Å²) >= 11 is 0. The first-order chi connectivity index (χ1) is 12.3. The van der Waals surface area contributed by atoms with E-state index in [0.29, 0.717) is 0 Å². The van der Waals surface area contributed by atoms with E-state index < -0.39 is 26.2 Å². The van der Waals surface area contributed by atoms with Crippen molar-refractivity contribution >= 4 is 24.7 Å². The number of benzene rings is 2. The fraction of sp³-hybridized carbons (Fsp3) is 0.286. The van der Waals surface area contributed by atoms with Gasteiger partial charge >= 0.3 is 5.97 Å². The summed E-state index contributed by atoms with van der Waals surface area (Å²) in [6.07, 6.45) is 0.504. The highest BCUT2D eigenvalue weighted by atomic mass is 28.4. The van der Waals surface area contributed by atoms with Gasteiger partial charge in [0.2, 0.25) is 5.83 Å². The van der Waals surface area contributed by atoms with Crippen molar-refractivity contribution in [1.82, 2.24) is 0 Å². The van der Waals surface area contributed by atoms with Gasteiger partial charge < -0.3 is 9.16 Å². The molecule has 3 rings (SSSR count). The molecule has 2 aromatic rings. The van der Waals surface area contributed by atoms with Crippen LogP contribution in [0.3, 0.4) is 0 Å². The minimum absolute atomic E-state index is 0.131. The minimum atomic E-state index is -2.70. The monoisotopic (exact) mass is 370 g/mol. The number of carbonyl (C=O) groups is 1. The summed E-state index contributed by atoms with van der Waals surface area (Å²) in [6, 6.07) is 20.3. The Morgan fingerprint density at radius 3 is 1.88 bits per heavy atom. The summed E-state index contributed by atoms with van der Waals surface area (Å²) in [4.78, 5) is 11.3. The van der Waals surface area contributed by atoms with E-state index in [4.69, 9.17) is 9.16 Å². The third kappa shape index (κ3) is 3.37. The van der Waals surface area contributed by atoms with Gasteiger partial charge in [0.05, 0.1) is 6.61 Å². The van der Waals surface area contributed by atoms with Crippen molar-refractivity contribution in [3.8, 4) is 0 Å². The van der Waals surface area contributed by atoms with Gasteiger partial charge in [0.15, 0.2) is 0 Å². The summed E-state index contributed by atoms with van der Waals surface area (Å²) in [7, 11) is -2.70. The second-order valence-electron chi connectivity index (χ2n) is 7.43. The van der Waals surface area contributed by atoms with Crippen molar-refractivity contribution < 1.29 is 18.3 Å². The zero-order valence-electron chi connectivity index (χ0n) is 15.2. The molecule has 26 heavy (non-hydrogen) atoms. The summed E-state index contributed by atoms with van der Waals surface area (Å²) in [5, 5.41) is 2.08. The van der Waals surface area contributed by atoms with E-state index in [0.717, 1.165) is 10.4 Å². The molecule has 0 unspecified atom stereocenters.